The highest BCUT2D eigenvalue weighted by atomic mass is 32.2. The van der Waals surface area contributed by atoms with E-state index < -0.39 is 0 Å². The molecule has 0 aliphatic carbocycles. The van der Waals surface area contributed by atoms with Crippen LogP contribution >= 0.6 is 11.8 Å². The third kappa shape index (κ3) is 2.00. The van der Waals surface area contributed by atoms with Crippen LogP contribution < -0.4 is 0 Å². The van der Waals surface area contributed by atoms with Crippen LogP contribution in [0.3, 0.4) is 0 Å². The van der Waals surface area contributed by atoms with Gasteiger partial charge in [0.2, 0.25) is 0 Å². The molecule has 1 rings (SSSR count). The van der Waals surface area contributed by atoms with Crippen molar-refractivity contribution < 1.29 is 0 Å². The van der Waals surface area contributed by atoms with E-state index in [1.807, 2.05) is 17.8 Å². The minimum absolute atomic E-state index is 0.561. The standard InChI is InChI=1S/C10H14S/c1-4-6-9-7-8(3)11-10(9)5-2/h4-7,9-10H,2H2,1,3H3. The minimum atomic E-state index is 0.561. The van der Waals surface area contributed by atoms with Crippen LogP contribution in [0.25, 0.3) is 0 Å². The van der Waals surface area contributed by atoms with Crippen LogP contribution in [-0.2, 0) is 0 Å². The van der Waals surface area contributed by atoms with Crippen molar-refractivity contribution in [1.29, 1.82) is 0 Å². The summed E-state index contributed by atoms with van der Waals surface area (Å²) < 4.78 is 0. The van der Waals surface area contributed by atoms with E-state index >= 15 is 0 Å². The molecule has 1 aliphatic rings. The van der Waals surface area contributed by atoms with E-state index in [1.165, 1.54) is 4.91 Å². The molecule has 0 radical (unpaired) electrons. The molecule has 60 valence electrons. The van der Waals surface area contributed by atoms with Gasteiger partial charge in [-0.15, -0.1) is 18.3 Å². The normalized spacial score (nSPS) is 30.9. The van der Waals surface area contributed by atoms with Crippen molar-refractivity contribution in [3.8, 4) is 0 Å². The Morgan fingerprint density at radius 3 is 2.91 bits per heavy atom. The van der Waals surface area contributed by atoms with Gasteiger partial charge in [0.15, 0.2) is 0 Å². The minimum Gasteiger partial charge on any atom is -0.123 e. The van der Waals surface area contributed by atoms with Crippen LogP contribution in [0.4, 0.5) is 0 Å². The zero-order chi connectivity index (χ0) is 8.27. The Bertz CT molecular complexity index is 201. The van der Waals surface area contributed by atoms with E-state index in [2.05, 4.69) is 38.7 Å². The maximum absolute atomic E-state index is 3.82. The third-order valence-electron chi connectivity index (χ3n) is 1.78. The monoisotopic (exact) mass is 166 g/mol. The van der Waals surface area contributed by atoms with Crippen molar-refractivity contribution in [2.24, 2.45) is 5.92 Å². The highest BCUT2D eigenvalue weighted by Crippen LogP contribution is 2.37. The molecule has 0 saturated carbocycles. The third-order valence-corrected chi connectivity index (χ3v) is 3.06. The number of hydrogen-bond donors (Lipinski definition) is 0. The lowest BCUT2D eigenvalue weighted by molar-refractivity contribution is 0.865. The lowest BCUT2D eigenvalue weighted by Gasteiger charge is -2.08. The van der Waals surface area contributed by atoms with Crippen LogP contribution in [0.1, 0.15) is 13.8 Å². The molecule has 2 unspecified atom stereocenters. The van der Waals surface area contributed by atoms with Gasteiger partial charge in [0, 0.05) is 11.2 Å². The van der Waals surface area contributed by atoms with Crippen molar-refractivity contribution >= 4 is 11.8 Å². The van der Waals surface area contributed by atoms with Gasteiger partial charge in [0.05, 0.1) is 0 Å². The molecule has 0 amide bonds. The SMILES string of the molecule is C=CC1SC(C)=CC1C=CC. The zero-order valence-corrected chi connectivity index (χ0v) is 7.90. The molecule has 0 bridgehead atoms. The highest BCUT2D eigenvalue weighted by molar-refractivity contribution is 8.04. The topological polar surface area (TPSA) is 0 Å². The molecule has 1 aliphatic heterocycles. The van der Waals surface area contributed by atoms with Gasteiger partial charge in [0.25, 0.3) is 0 Å². The molecule has 0 aromatic heterocycles. The van der Waals surface area contributed by atoms with Gasteiger partial charge in [-0.1, -0.05) is 24.3 Å². The number of rotatable bonds is 2. The summed E-state index contributed by atoms with van der Waals surface area (Å²) in [5.74, 6) is 0.572. The van der Waals surface area contributed by atoms with Crippen LogP contribution in [0.15, 0.2) is 35.8 Å². The fraction of sp³-hybridized carbons (Fsp3) is 0.400. The van der Waals surface area contributed by atoms with Crippen LogP contribution in [0.2, 0.25) is 0 Å². The first-order chi connectivity index (χ1) is 5.27. The maximum atomic E-state index is 3.82. The molecule has 0 saturated heterocycles. The molecular weight excluding hydrogens is 152 g/mol. The van der Waals surface area contributed by atoms with Crippen molar-refractivity contribution in [3.63, 3.8) is 0 Å². The molecule has 0 aromatic carbocycles. The van der Waals surface area contributed by atoms with Gasteiger partial charge in [-0.2, -0.15) is 0 Å². The fourth-order valence-corrected chi connectivity index (χ4v) is 2.38. The number of allylic oxidation sites excluding steroid dienone is 4. The Hall–Kier alpha value is -0.430. The fourth-order valence-electron chi connectivity index (χ4n) is 1.29. The molecular formula is C10H14S. The Kier molecular flexibility index (Phi) is 3.01. The molecule has 0 aromatic rings. The predicted octanol–water partition coefficient (Wildman–Crippen LogP) is 3.38. The second kappa shape index (κ2) is 3.82. The molecule has 0 spiro atoms. The average Bonchev–Trinajstić information content (AvgIpc) is 2.32. The van der Waals surface area contributed by atoms with Gasteiger partial charge in [-0.3, -0.25) is 0 Å². The Labute approximate surface area is 73.1 Å². The highest BCUT2D eigenvalue weighted by Gasteiger charge is 2.20. The van der Waals surface area contributed by atoms with E-state index in [1.54, 1.807) is 0 Å². The molecule has 1 heterocycles. The van der Waals surface area contributed by atoms with Crippen molar-refractivity contribution in [2.75, 3.05) is 0 Å². The smallest absolute Gasteiger partial charge is 0.0366 e. The summed E-state index contributed by atoms with van der Waals surface area (Å²) in [6.45, 7) is 8.04. The van der Waals surface area contributed by atoms with E-state index in [9.17, 15) is 0 Å². The summed E-state index contributed by atoms with van der Waals surface area (Å²) in [6, 6.07) is 0. The Morgan fingerprint density at radius 1 is 1.64 bits per heavy atom. The first-order valence-corrected chi connectivity index (χ1v) is 4.76. The molecule has 1 heteroatoms. The largest absolute Gasteiger partial charge is 0.123 e. The lowest BCUT2D eigenvalue weighted by Crippen LogP contribution is -2.04. The van der Waals surface area contributed by atoms with Crippen molar-refractivity contribution in [2.45, 2.75) is 19.1 Å². The van der Waals surface area contributed by atoms with Gasteiger partial charge >= 0.3 is 0 Å². The lowest BCUT2D eigenvalue weighted by atomic mass is 10.0. The van der Waals surface area contributed by atoms with E-state index in [0.717, 1.165) is 0 Å². The number of thioether (sulfide) groups is 1. The zero-order valence-electron chi connectivity index (χ0n) is 7.08. The Balaban J connectivity index is 2.68. The quantitative estimate of drug-likeness (QED) is 0.567. The average molecular weight is 166 g/mol. The van der Waals surface area contributed by atoms with E-state index in [0.29, 0.717) is 11.2 Å². The molecule has 0 fully saturated rings. The first-order valence-electron chi connectivity index (χ1n) is 3.88. The predicted molar refractivity (Wildman–Crippen MR) is 53.6 cm³/mol. The van der Waals surface area contributed by atoms with Crippen LogP contribution in [-0.4, -0.2) is 5.25 Å². The Morgan fingerprint density at radius 2 is 2.36 bits per heavy atom. The summed E-state index contributed by atoms with van der Waals surface area (Å²) in [7, 11) is 0. The second-order valence-electron chi connectivity index (χ2n) is 2.70. The number of hydrogen-bond acceptors (Lipinski definition) is 1. The summed E-state index contributed by atoms with van der Waals surface area (Å²) in [5.41, 5.74) is 0. The van der Waals surface area contributed by atoms with Crippen molar-refractivity contribution in [3.05, 3.63) is 35.8 Å². The molecule has 0 N–H and O–H groups in total. The first kappa shape index (κ1) is 8.66. The summed E-state index contributed by atoms with van der Waals surface area (Å²) in [4.78, 5) is 1.41. The van der Waals surface area contributed by atoms with E-state index in [-0.39, 0.29) is 0 Å². The summed E-state index contributed by atoms with van der Waals surface area (Å²) >= 11 is 1.91. The second-order valence-corrected chi connectivity index (χ2v) is 4.12. The van der Waals surface area contributed by atoms with Gasteiger partial charge in [-0.25, -0.2) is 0 Å². The molecule has 0 nitrogen and oxygen atoms in total. The summed E-state index contributed by atoms with van der Waals surface area (Å²) in [6.07, 6.45) is 8.67. The van der Waals surface area contributed by atoms with Gasteiger partial charge in [-0.05, 0) is 18.8 Å². The van der Waals surface area contributed by atoms with Crippen molar-refractivity contribution in [1.82, 2.24) is 0 Å². The maximum Gasteiger partial charge on any atom is 0.0366 e. The van der Waals surface area contributed by atoms with Crippen LogP contribution in [0, 0.1) is 5.92 Å². The molecule has 2 atom stereocenters. The van der Waals surface area contributed by atoms with Gasteiger partial charge < -0.3 is 0 Å². The summed E-state index contributed by atoms with van der Waals surface area (Å²) in [5, 5.41) is 0.561. The van der Waals surface area contributed by atoms with E-state index in [4.69, 9.17) is 0 Å². The van der Waals surface area contributed by atoms with Crippen LogP contribution in [0.5, 0.6) is 0 Å². The van der Waals surface area contributed by atoms with Gasteiger partial charge in [0.1, 0.15) is 0 Å². The molecule has 11 heavy (non-hydrogen) atoms.